The first-order valence-electron chi connectivity index (χ1n) is 7.05. The van der Waals surface area contributed by atoms with Crippen molar-refractivity contribution in [3.63, 3.8) is 0 Å². The lowest BCUT2D eigenvalue weighted by Crippen LogP contribution is -2.61. The normalized spacial score (nSPS) is 23.2. The first-order valence-corrected chi connectivity index (χ1v) is 7.05. The predicted octanol–water partition coefficient (Wildman–Crippen LogP) is 2.72. The second kappa shape index (κ2) is 4.36. The molecule has 108 valence electrons. The predicted molar refractivity (Wildman–Crippen MR) is 77.0 cm³/mol. The Morgan fingerprint density at radius 3 is 2.85 bits per heavy atom. The second-order valence-electron chi connectivity index (χ2n) is 6.78. The summed E-state index contributed by atoms with van der Waals surface area (Å²) in [5.74, 6) is 0. The Labute approximate surface area is 119 Å². The van der Waals surface area contributed by atoms with Crippen LogP contribution in [0.3, 0.4) is 0 Å². The molecule has 0 N–H and O–H groups in total. The van der Waals surface area contributed by atoms with Gasteiger partial charge in [-0.15, -0.1) is 0 Å². The van der Waals surface area contributed by atoms with Crippen LogP contribution in [-0.2, 0) is 4.74 Å². The third-order valence-corrected chi connectivity index (χ3v) is 3.68. The van der Waals surface area contributed by atoms with Gasteiger partial charge in [0.25, 0.3) is 0 Å². The number of ether oxygens (including phenoxy) is 1. The van der Waals surface area contributed by atoms with Crippen molar-refractivity contribution in [3.8, 4) is 0 Å². The molecule has 3 heterocycles. The highest BCUT2D eigenvalue weighted by Crippen LogP contribution is 2.40. The van der Waals surface area contributed by atoms with Gasteiger partial charge in [-0.3, -0.25) is 0 Å². The molecule has 1 fully saturated rings. The Bertz CT molecular complexity index is 508. The Kier molecular flexibility index (Phi) is 2.88. The minimum absolute atomic E-state index is 0.00438. The maximum atomic E-state index is 12.0. The summed E-state index contributed by atoms with van der Waals surface area (Å²) in [6.07, 6.45) is 9.97. The van der Waals surface area contributed by atoms with Crippen molar-refractivity contribution in [1.29, 1.82) is 0 Å². The highest BCUT2D eigenvalue weighted by molar-refractivity contribution is 5.76. The quantitative estimate of drug-likeness (QED) is 0.683. The number of allylic oxidation sites excluding steroid dienone is 3. The SMILES string of the molecule is CC(C)(C)OC(=O)N1CC2(C=NN3C=CCC=C3C2)C1. The van der Waals surface area contributed by atoms with Gasteiger partial charge in [0.2, 0.25) is 0 Å². The fourth-order valence-corrected chi connectivity index (χ4v) is 2.77. The summed E-state index contributed by atoms with van der Waals surface area (Å²) in [4.78, 5) is 13.7. The van der Waals surface area contributed by atoms with Crippen molar-refractivity contribution in [2.75, 3.05) is 13.1 Å². The van der Waals surface area contributed by atoms with Gasteiger partial charge in [0.05, 0.1) is 0 Å². The highest BCUT2D eigenvalue weighted by atomic mass is 16.6. The Morgan fingerprint density at radius 2 is 2.15 bits per heavy atom. The number of amides is 1. The lowest BCUT2D eigenvalue weighted by molar-refractivity contribution is -0.0145. The maximum absolute atomic E-state index is 12.0. The number of nitrogens with zero attached hydrogens (tertiary/aromatic N) is 3. The van der Waals surface area contributed by atoms with Crippen molar-refractivity contribution < 1.29 is 9.53 Å². The van der Waals surface area contributed by atoms with Gasteiger partial charge < -0.3 is 9.64 Å². The average molecular weight is 275 g/mol. The van der Waals surface area contributed by atoms with Crippen LogP contribution in [0.5, 0.6) is 0 Å². The summed E-state index contributed by atoms with van der Waals surface area (Å²) in [6, 6.07) is 0. The van der Waals surface area contributed by atoms with Gasteiger partial charge >= 0.3 is 6.09 Å². The van der Waals surface area contributed by atoms with E-state index in [4.69, 9.17) is 4.74 Å². The number of carbonyl (C=O) groups is 1. The summed E-state index contributed by atoms with van der Waals surface area (Å²) in [5, 5.41) is 6.39. The van der Waals surface area contributed by atoms with Crippen LogP contribution < -0.4 is 0 Å². The smallest absolute Gasteiger partial charge is 0.410 e. The number of fused-ring (bicyclic) bond motifs is 1. The van der Waals surface area contributed by atoms with Crippen LogP contribution >= 0.6 is 0 Å². The molecule has 20 heavy (non-hydrogen) atoms. The monoisotopic (exact) mass is 275 g/mol. The van der Waals surface area contributed by atoms with Crippen LogP contribution in [0.2, 0.25) is 0 Å². The molecule has 1 spiro atoms. The fourth-order valence-electron chi connectivity index (χ4n) is 2.77. The number of carbonyl (C=O) groups excluding carboxylic acids is 1. The van der Waals surface area contributed by atoms with E-state index in [2.05, 4.69) is 17.3 Å². The average Bonchev–Trinajstić information content (AvgIpc) is 2.33. The van der Waals surface area contributed by atoms with E-state index in [-0.39, 0.29) is 11.5 Å². The van der Waals surface area contributed by atoms with E-state index in [1.165, 1.54) is 5.70 Å². The molecule has 0 aromatic heterocycles. The molecular formula is C15H21N3O2. The summed E-state index contributed by atoms with van der Waals surface area (Å²) < 4.78 is 5.39. The van der Waals surface area contributed by atoms with E-state index in [9.17, 15) is 4.79 Å². The van der Waals surface area contributed by atoms with Gasteiger partial charge in [-0.2, -0.15) is 5.10 Å². The van der Waals surface area contributed by atoms with E-state index in [1.807, 2.05) is 38.2 Å². The summed E-state index contributed by atoms with van der Waals surface area (Å²) >= 11 is 0. The van der Waals surface area contributed by atoms with Crippen molar-refractivity contribution in [2.24, 2.45) is 10.5 Å². The third kappa shape index (κ3) is 2.44. The van der Waals surface area contributed by atoms with Crippen molar-refractivity contribution in [1.82, 2.24) is 9.91 Å². The molecule has 3 aliphatic rings. The zero-order chi connectivity index (χ0) is 14.4. The van der Waals surface area contributed by atoms with E-state index in [0.29, 0.717) is 13.1 Å². The lowest BCUT2D eigenvalue weighted by Gasteiger charge is -2.50. The van der Waals surface area contributed by atoms with Crippen LogP contribution in [-0.4, -0.2) is 40.9 Å². The maximum Gasteiger partial charge on any atom is 0.410 e. The first kappa shape index (κ1) is 13.2. The lowest BCUT2D eigenvalue weighted by atomic mass is 9.76. The second-order valence-corrected chi connectivity index (χ2v) is 6.78. The molecule has 0 aliphatic carbocycles. The molecule has 5 nitrogen and oxygen atoms in total. The number of hydrogen-bond donors (Lipinski definition) is 0. The van der Waals surface area contributed by atoms with Gasteiger partial charge in [-0.25, -0.2) is 9.80 Å². The van der Waals surface area contributed by atoms with Gasteiger partial charge in [-0.1, -0.05) is 12.2 Å². The molecule has 0 bridgehead atoms. The number of likely N-dealkylation sites (tertiary alicyclic amines) is 1. The molecule has 0 atom stereocenters. The Morgan fingerprint density at radius 1 is 1.40 bits per heavy atom. The van der Waals surface area contributed by atoms with Crippen LogP contribution in [0.25, 0.3) is 0 Å². The largest absolute Gasteiger partial charge is 0.444 e. The molecule has 0 radical (unpaired) electrons. The molecule has 5 heteroatoms. The van der Waals surface area contributed by atoms with E-state index >= 15 is 0 Å². The summed E-state index contributed by atoms with van der Waals surface area (Å²) in [7, 11) is 0. The van der Waals surface area contributed by atoms with Gasteiger partial charge in [0, 0.05) is 43.0 Å². The first-order chi connectivity index (χ1) is 9.37. The van der Waals surface area contributed by atoms with Gasteiger partial charge in [0.15, 0.2) is 0 Å². The molecular weight excluding hydrogens is 254 g/mol. The molecule has 0 unspecified atom stereocenters. The molecule has 1 amide bonds. The van der Waals surface area contributed by atoms with Gasteiger partial charge in [-0.05, 0) is 27.2 Å². The topological polar surface area (TPSA) is 45.1 Å². The summed E-state index contributed by atoms with van der Waals surface area (Å²) in [5.41, 5.74) is 0.803. The number of rotatable bonds is 0. The van der Waals surface area contributed by atoms with Crippen LogP contribution in [0, 0.1) is 5.41 Å². The molecule has 3 aliphatic heterocycles. The molecule has 0 aromatic rings. The molecule has 0 aromatic carbocycles. The van der Waals surface area contributed by atoms with Crippen molar-refractivity contribution in [2.45, 2.75) is 39.2 Å². The standard InChI is InChI=1S/C15H21N3O2/c1-14(2,3)20-13(19)17-10-15(11-17)8-12-6-4-5-7-18(12)16-9-15/h5-7,9H,4,8,10-11H2,1-3H3. The fraction of sp³-hybridized carbons (Fsp3) is 0.600. The van der Waals surface area contributed by atoms with E-state index < -0.39 is 5.60 Å². The Balaban J connectivity index is 1.62. The van der Waals surface area contributed by atoms with Crippen LogP contribution in [0.15, 0.2) is 29.2 Å². The zero-order valence-corrected chi connectivity index (χ0v) is 12.3. The highest BCUT2D eigenvalue weighted by Gasteiger charge is 2.48. The molecule has 1 saturated heterocycles. The molecule has 3 rings (SSSR count). The number of hydrogen-bond acceptors (Lipinski definition) is 4. The van der Waals surface area contributed by atoms with E-state index in [1.54, 1.807) is 4.90 Å². The van der Waals surface area contributed by atoms with Crippen molar-refractivity contribution in [3.05, 3.63) is 24.0 Å². The van der Waals surface area contributed by atoms with E-state index in [0.717, 1.165) is 12.8 Å². The van der Waals surface area contributed by atoms with Crippen LogP contribution in [0.1, 0.15) is 33.6 Å². The Hall–Kier alpha value is -1.78. The zero-order valence-electron chi connectivity index (χ0n) is 12.3. The number of hydrazone groups is 1. The molecule has 0 saturated carbocycles. The minimum atomic E-state index is -0.437. The van der Waals surface area contributed by atoms with Crippen LogP contribution in [0.4, 0.5) is 4.79 Å². The van der Waals surface area contributed by atoms with Crippen molar-refractivity contribution >= 4 is 12.3 Å². The minimum Gasteiger partial charge on any atom is -0.444 e. The van der Waals surface area contributed by atoms with Gasteiger partial charge in [0.1, 0.15) is 5.60 Å². The summed E-state index contributed by atoms with van der Waals surface area (Å²) in [6.45, 7) is 7.05. The third-order valence-electron chi connectivity index (χ3n) is 3.68.